The maximum atomic E-state index is 9.75. The lowest BCUT2D eigenvalue weighted by molar-refractivity contribution is 0.368. The zero-order chi connectivity index (χ0) is 16.3. The van der Waals surface area contributed by atoms with Crippen molar-refractivity contribution in [1.29, 1.82) is 0 Å². The van der Waals surface area contributed by atoms with Crippen LogP contribution in [-0.4, -0.2) is 19.6 Å². The van der Waals surface area contributed by atoms with Crippen molar-refractivity contribution in [3.63, 3.8) is 0 Å². The normalized spacial score (nSPS) is 11.2. The monoisotopic (exact) mass is 324 g/mol. The summed E-state index contributed by atoms with van der Waals surface area (Å²) in [7, 11) is -6.26. The van der Waals surface area contributed by atoms with Gasteiger partial charge in [-0.3, -0.25) is 0 Å². The molecule has 0 N–H and O–H groups in total. The average molecular weight is 324 g/mol. The highest BCUT2D eigenvalue weighted by Crippen LogP contribution is 2.36. The molecular weight excluding hydrogens is 298 g/mol. The second-order valence-electron chi connectivity index (χ2n) is 5.17. The van der Waals surface area contributed by atoms with E-state index in [9.17, 15) is 17.3 Å². The van der Waals surface area contributed by atoms with Gasteiger partial charge in [-0.05, 0) is 31.9 Å². The van der Waals surface area contributed by atoms with Crippen LogP contribution in [0.4, 0.5) is 17.3 Å². The fourth-order valence-electron chi connectivity index (χ4n) is 1.98. The Kier molecular flexibility index (Phi) is 10.8. The molecule has 0 spiro atoms. The van der Waals surface area contributed by atoms with Crippen LogP contribution >= 0.6 is 7.92 Å². The van der Waals surface area contributed by atoms with Gasteiger partial charge >= 0.3 is 7.25 Å². The van der Waals surface area contributed by atoms with Crippen molar-refractivity contribution in [3.05, 3.63) is 29.8 Å². The number of halogens is 4. The van der Waals surface area contributed by atoms with Gasteiger partial charge in [0.1, 0.15) is 0 Å². The molecular formula is C15H26BF4P. The number of aryl methyl sites for hydroxylation is 1. The molecule has 1 aromatic carbocycles. The first kappa shape index (κ1) is 20.4. The van der Waals surface area contributed by atoms with Crippen LogP contribution in [0.5, 0.6) is 0 Å². The van der Waals surface area contributed by atoms with E-state index in [4.69, 9.17) is 0 Å². The summed E-state index contributed by atoms with van der Waals surface area (Å²) >= 11 is 0. The molecule has 0 aliphatic rings. The quantitative estimate of drug-likeness (QED) is 0.341. The van der Waals surface area contributed by atoms with Crippen LogP contribution in [0.2, 0.25) is 0 Å². The Morgan fingerprint density at radius 1 is 0.857 bits per heavy atom. The Hall–Kier alpha value is -0.565. The molecule has 0 fully saturated rings. The van der Waals surface area contributed by atoms with Crippen LogP contribution in [0.1, 0.15) is 45.1 Å². The molecule has 1 rings (SSSR count). The highest BCUT2D eigenvalue weighted by Gasteiger charge is 2.20. The lowest BCUT2D eigenvalue weighted by Crippen LogP contribution is -2.06. The molecule has 0 aromatic heterocycles. The predicted octanol–water partition coefficient (Wildman–Crippen LogP) is 5.73. The fraction of sp³-hybridized carbons (Fsp3) is 0.600. The van der Waals surface area contributed by atoms with Gasteiger partial charge in [0.25, 0.3) is 0 Å². The summed E-state index contributed by atoms with van der Waals surface area (Å²) in [5.41, 5.74) is 1.39. The van der Waals surface area contributed by atoms with E-state index < -0.39 is 7.25 Å². The fourth-order valence-corrected chi connectivity index (χ4v) is 5.01. The highest BCUT2D eigenvalue weighted by atomic mass is 31.1. The van der Waals surface area contributed by atoms with Gasteiger partial charge in [-0.2, -0.15) is 0 Å². The van der Waals surface area contributed by atoms with Crippen molar-refractivity contribution in [1.82, 2.24) is 0 Å². The zero-order valence-electron chi connectivity index (χ0n) is 13.1. The van der Waals surface area contributed by atoms with Gasteiger partial charge in [-0.15, -0.1) is 0 Å². The molecule has 0 unspecified atom stereocenters. The van der Waals surface area contributed by atoms with E-state index in [1.54, 1.807) is 5.30 Å². The molecule has 0 nitrogen and oxygen atoms in total. The SMILES string of the molecule is CCCC[PH+](CCCC)c1ccc(C)cc1.F[B-](F)(F)F. The van der Waals surface area contributed by atoms with E-state index in [1.807, 2.05) is 0 Å². The van der Waals surface area contributed by atoms with Crippen LogP contribution in [0.15, 0.2) is 24.3 Å². The predicted molar refractivity (Wildman–Crippen MR) is 88.9 cm³/mol. The van der Waals surface area contributed by atoms with Gasteiger partial charge in [0.05, 0.1) is 17.6 Å². The second-order valence-corrected chi connectivity index (χ2v) is 7.96. The van der Waals surface area contributed by atoms with Crippen LogP contribution in [-0.2, 0) is 0 Å². The van der Waals surface area contributed by atoms with Gasteiger partial charge in [-0.25, -0.2) is 0 Å². The third kappa shape index (κ3) is 12.9. The first-order valence-corrected chi connectivity index (χ1v) is 9.48. The molecule has 0 saturated heterocycles. The molecule has 0 bridgehead atoms. The summed E-state index contributed by atoms with van der Waals surface area (Å²) in [6, 6.07) is 9.29. The van der Waals surface area contributed by atoms with E-state index in [2.05, 4.69) is 45.0 Å². The molecule has 0 aliphatic heterocycles. The van der Waals surface area contributed by atoms with Crippen molar-refractivity contribution in [2.24, 2.45) is 0 Å². The maximum absolute atomic E-state index is 9.75. The Morgan fingerprint density at radius 3 is 1.57 bits per heavy atom. The molecule has 0 heterocycles. The maximum Gasteiger partial charge on any atom is 0.673 e. The summed E-state index contributed by atoms with van der Waals surface area (Å²) in [5.74, 6) is 0. The van der Waals surface area contributed by atoms with Gasteiger partial charge in [0.15, 0.2) is 0 Å². The summed E-state index contributed by atoms with van der Waals surface area (Å²) in [6.07, 6.45) is 8.42. The molecule has 0 atom stereocenters. The van der Waals surface area contributed by atoms with Gasteiger partial charge < -0.3 is 17.3 Å². The van der Waals surface area contributed by atoms with Gasteiger partial charge in [0, 0.05) is 7.92 Å². The minimum Gasteiger partial charge on any atom is -0.418 e. The number of hydrogen-bond acceptors (Lipinski definition) is 0. The Bertz CT molecular complexity index is 351. The third-order valence-electron chi connectivity index (χ3n) is 3.12. The molecule has 0 amide bonds. The molecule has 6 heteroatoms. The molecule has 122 valence electrons. The van der Waals surface area contributed by atoms with Gasteiger partial charge in [0.2, 0.25) is 0 Å². The molecule has 0 radical (unpaired) electrons. The van der Waals surface area contributed by atoms with Gasteiger partial charge in [-0.1, -0.05) is 44.4 Å². The number of benzene rings is 1. The minimum absolute atomic E-state index is 0.264. The molecule has 1 aromatic rings. The Morgan fingerprint density at radius 2 is 1.24 bits per heavy atom. The highest BCUT2D eigenvalue weighted by molar-refractivity contribution is 7.65. The lowest BCUT2D eigenvalue weighted by Gasteiger charge is -2.10. The van der Waals surface area contributed by atoms with Crippen molar-refractivity contribution in [2.75, 3.05) is 12.3 Å². The third-order valence-corrected chi connectivity index (χ3v) is 6.19. The summed E-state index contributed by atoms with van der Waals surface area (Å²) in [5, 5.41) is 1.65. The standard InChI is InChI=1S/C15H25P.BF4/c1-4-6-12-16(13-7-5-2)15-10-8-14(3)9-11-15;2-1(3,4)5/h8-11H,4-7,12-13H2,1-3H3;/q;-1/p+1. The van der Waals surface area contributed by atoms with E-state index in [1.165, 1.54) is 43.6 Å². The Labute approximate surface area is 127 Å². The average Bonchev–Trinajstić information content (AvgIpc) is 2.38. The first-order chi connectivity index (χ1) is 9.77. The number of hydrogen-bond donors (Lipinski definition) is 0. The van der Waals surface area contributed by atoms with Crippen LogP contribution in [0.25, 0.3) is 0 Å². The smallest absolute Gasteiger partial charge is 0.418 e. The Balaban J connectivity index is 0.000000690. The number of unbranched alkanes of at least 4 members (excludes halogenated alkanes) is 2. The largest absolute Gasteiger partial charge is 0.673 e. The summed E-state index contributed by atoms with van der Waals surface area (Å²) in [4.78, 5) is 0. The van der Waals surface area contributed by atoms with Crippen LogP contribution in [0.3, 0.4) is 0 Å². The molecule has 0 saturated carbocycles. The molecule has 0 aliphatic carbocycles. The second kappa shape index (κ2) is 11.1. The van der Waals surface area contributed by atoms with Crippen molar-refractivity contribution in [2.45, 2.75) is 46.5 Å². The zero-order valence-corrected chi connectivity index (χ0v) is 14.1. The van der Waals surface area contributed by atoms with Crippen molar-refractivity contribution < 1.29 is 17.3 Å². The van der Waals surface area contributed by atoms with E-state index in [0.29, 0.717) is 0 Å². The van der Waals surface area contributed by atoms with E-state index >= 15 is 0 Å². The van der Waals surface area contributed by atoms with Crippen molar-refractivity contribution >= 4 is 20.5 Å². The van der Waals surface area contributed by atoms with E-state index in [-0.39, 0.29) is 7.92 Å². The summed E-state index contributed by atoms with van der Waals surface area (Å²) in [6.45, 7) is 6.77. The van der Waals surface area contributed by atoms with Crippen LogP contribution in [0, 0.1) is 6.92 Å². The topological polar surface area (TPSA) is 0 Å². The number of rotatable bonds is 7. The summed E-state index contributed by atoms with van der Waals surface area (Å²) < 4.78 is 39.0. The molecule has 21 heavy (non-hydrogen) atoms. The van der Waals surface area contributed by atoms with Crippen molar-refractivity contribution in [3.8, 4) is 0 Å². The first-order valence-electron chi connectivity index (χ1n) is 7.57. The van der Waals surface area contributed by atoms with Crippen LogP contribution < -0.4 is 5.30 Å². The lowest BCUT2D eigenvalue weighted by atomic mass is 10.2. The van der Waals surface area contributed by atoms with E-state index in [0.717, 1.165) is 0 Å². The minimum atomic E-state index is -6.00.